The molecule has 2 aromatic carbocycles. The minimum atomic E-state index is -0.443. The van der Waals surface area contributed by atoms with Crippen molar-refractivity contribution in [3.63, 3.8) is 0 Å². The molecule has 0 aliphatic heterocycles. The number of nitrogens with one attached hydrogen (secondary N) is 1. The molecule has 27 heavy (non-hydrogen) atoms. The van der Waals surface area contributed by atoms with Gasteiger partial charge in [-0.3, -0.25) is 4.79 Å². The molecule has 0 saturated carbocycles. The van der Waals surface area contributed by atoms with Gasteiger partial charge in [0.2, 0.25) is 5.91 Å². The molecule has 7 heteroatoms. The normalized spacial score (nSPS) is 11.6. The van der Waals surface area contributed by atoms with Gasteiger partial charge in [-0.05, 0) is 42.3 Å². The number of anilines is 1. The van der Waals surface area contributed by atoms with E-state index in [-0.39, 0.29) is 5.91 Å². The summed E-state index contributed by atoms with van der Waals surface area (Å²) < 4.78 is 7.25. The third kappa shape index (κ3) is 5.01. The number of hydrogen-bond donors (Lipinski definition) is 1. The Hall–Kier alpha value is -3.48. The molecule has 1 heterocycles. The van der Waals surface area contributed by atoms with E-state index in [2.05, 4.69) is 15.4 Å². The van der Waals surface area contributed by atoms with Gasteiger partial charge in [-0.1, -0.05) is 24.3 Å². The van der Waals surface area contributed by atoms with Crippen LogP contribution in [0.4, 0.5) is 5.69 Å². The lowest BCUT2D eigenvalue weighted by molar-refractivity contribution is -0.114. The predicted octanol–water partition coefficient (Wildman–Crippen LogP) is 3.20. The number of aromatic nitrogens is 3. The highest BCUT2D eigenvalue weighted by atomic mass is 16.5. The van der Waals surface area contributed by atoms with E-state index in [0.717, 1.165) is 11.1 Å². The number of benzene rings is 2. The molecular weight excluding hydrogens is 344 g/mol. The first-order chi connectivity index (χ1) is 13.0. The van der Waals surface area contributed by atoms with E-state index in [1.165, 1.54) is 13.3 Å². The number of carbonyl (C=O) groups is 2. The smallest absolute Gasteiger partial charge is 0.338 e. The van der Waals surface area contributed by atoms with Gasteiger partial charge < -0.3 is 10.1 Å². The summed E-state index contributed by atoms with van der Waals surface area (Å²) in [5.74, 6) is -0.553. The Morgan fingerprint density at radius 2 is 1.96 bits per heavy atom. The molecule has 0 bridgehead atoms. The molecule has 0 saturated heterocycles. The second-order valence-corrected chi connectivity index (χ2v) is 6.14. The molecule has 0 aliphatic rings. The van der Waals surface area contributed by atoms with Crippen LogP contribution >= 0.6 is 0 Å². The molecule has 0 spiro atoms. The van der Waals surface area contributed by atoms with E-state index in [1.54, 1.807) is 42.2 Å². The zero-order chi connectivity index (χ0) is 19.2. The van der Waals surface area contributed by atoms with Crippen LogP contribution in [0.5, 0.6) is 0 Å². The zero-order valence-corrected chi connectivity index (χ0v) is 15.1. The summed E-state index contributed by atoms with van der Waals surface area (Å²) in [6, 6.07) is 14.4. The Bertz CT molecular complexity index is 921. The van der Waals surface area contributed by atoms with Crippen molar-refractivity contribution >= 4 is 17.6 Å². The lowest BCUT2D eigenvalue weighted by atomic mass is 10.1. The minimum Gasteiger partial charge on any atom is -0.454 e. The first kappa shape index (κ1) is 18.3. The minimum absolute atomic E-state index is 0.150. The van der Waals surface area contributed by atoms with Crippen LogP contribution in [0.3, 0.4) is 0 Å². The van der Waals surface area contributed by atoms with Crippen LogP contribution in [0.25, 0.3) is 0 Å². The molecule has 0 fully saturated rings. The Labute approximate surface area is 157 Å². The van der Waals surface area contributed by atoms with E-state index >= 15 is 0 Å². The second kappa shape index (κ2) is 8.27. The van der Waals surface area contributed by atoms with Gasteiger partial charge in [0.05, 0.1) is 12.1 Å². The van der Waals surface area contributed by atoms with Crippen molar-refractivity contribution in [2.24, 2.45) is 0 Å². The number of rotatable bonds is 6. The first-order valence-electron chi connectivity index (χ1n) is 8.51. The molecule has 0 radical (unpaired) electrons. The summed E-state index contributed by atoms with van der Waals surface area (Å²) in [5, 5.41) is 6.77. The fourth-order valence-electron chi connectivity index (χ4n) is 2.62. The van der Waals surface area contributed by atoms with E-state index in [1.807, 2.05) is 24.3 Å². The monoisotopic (exact) mass is 364 g/mol. The third-order valence-electron chi connectivity index (χ3n) is 3.96. The molecular formula is C20H20N4O3. The molecule has 1 aromatic heterocycles. The molecule has 3 rings (SSSR count). The number of amides is 1. The Morgan fingerprint density at radius 3 is 2.63 bits per heavy atom. The predicted molar refractivity (Wildman–Crippen MR) is 100 cm³/mol. The number of ether oxygens (including phenoxy) is 1. The van der Waals surface area contributed by atoms with Crippen LogP contribution in [0.2, 0.25) is 0 Å². The second-order valence-electron chi connectivity index (χ2n) is 6.14. The van der Waals surface area contributed by atoms with Gasteiger partial charge >= 0.3 is 5.97 Å². The number of esters is 1. The lowest BCUT2D eigenvalue weighted by Crippen LogP contribution is -2.11. The summed E-state index contributed by atoms with van der Waals surface area (Å²) in [7, 11) is 0. The highest BCUT2D eigenvalue weighted by Crippen LogP contribution is 2.22. The highest BCUT2D eigenvalue weighted by molar-refractivity contribution is 5.90. The fraction of sp³-hybridized carbons (Fsp3) is 0.200. The molecule has 1 atom stereocenters. The van der Waals surface area contributed by atoms with E-state index < -0.39 is 12.1 Å². The quantitative estimate of drug-likeness (QED) is 0.679. The van der Waals surface area contributed by atoms with Crippen molar-refractivity contribution in [2.45, 2.75) is 26.5 Å². The van der Waals surface area contributed by atoms with E-state index in [0.29, 0.717) is 17.8 Å². The van der Waals surface area contributed by atoms with Crippen molar-refractivity contribution in [2.75, 3.05) is 5.32 Å². The molecule has 7 nitrogen and oxygen atoms in total. The Balaban J connectivity index is 1.63. The average Bonchev–Trinajstić information content (AvgIpc) is 3.15. The number of hydrogen-bond acceptors (Lipinski definition) is 5. The molecule has 0 aliphatic carbocycles. The Kier molecular flexibility index (Phi) is 5.61. The van der Waals surface area contributed by atoms with Gasteiger partial charge in [0.25, 0.3) is 0 Å². The summed E-state index contributed by atoms with van der Waals surface area (Å²) in [6.45, 7) is 3.83. The highest BCUT2D eigenvalue weighted by Gasteiger charge is 2.14. The van der Waals surface area contributed by atoms with Crippen LogP contribution in [0.1, 0.15) is 41.4 Å². The summed E-state index contributed by atoms with van der Waals surface area (Å²) in [6.07, 6.45) is 2.67. The maximum atomic E-state index is 12.4. The van der Waals surface area contributed by atoms with Crippen molar-refractivity contribution in [3.05, 3.63) is 77.9 Å². The van der Waals surface area contributed by atoms with Gasteiger partial charge in [0.1, 0.15) is 18.8 Å². The maximum absolute atomic E-state index is 12.4. The van der Waals surface area contributed by atoms with Gasteiger partial charge in [0, 0.05) is 12.6 Å². The van der Waals surface area contributed by atoms with Gasteiger partial charge in [-0.2, -0.15) is 5.10 Å². The van der Waals surface area contributed by atoms with Crippen LogP contribution in [0, 0.1) is 0 Å². The summed E-state index contributed by atoms with van der Waals surface area (Å²) >= 11 is 0. The van der Waals surface area contributed by atoms with Gasteiger partial charge in [-0.15, -0.1) is 0 Å². The SMILES string of the molecule is CC(=O)Nc1cccc([C@@H](C)OC(=O)c2ccc(Cn3cncn3)cc2)c1. The fourth-order valence-corrected chi connectivity index (χ4v) is 2.62. The molecule has 138 valence electrons. The first-order valence-corrected chi connectivity index (χ1v) is 8.51. The van der Waals surface area contributed by atoms with Crippen LogP contribution in [-0.4, -0.2) is 26.6 Å². The van der Waals surface area contributed by atoms with Crippen LogP contribution in [-0.2, 0) is 16.1 Å². The standard InChI is InChI=1S/C20H20N4O3/c1-14(18-4-3-5-19(10-18)23-15(2)25)27-20(26)17-8-6-16(7-9-17)11-24-13-21-12-22-24/h3-10,12-14H,11H2,1-2H3,(H,23,25)/t14-/m1/s1. The molecule has 1 amide bonds. The van der Waals surface area contributed by atoms with E-state index in [9.17, 15) is 9.59 Å². The maximum Gasteiger partial charge on any atom is 0.338 e. The number of carbonyl (C=O) groups excluding carboxylic acids is 2. The largest absolute Gasteiger partial charge is 0.454 e. The van der Waals surface area contributed by atoms with Crippen molar-refractivity contribution < 1.29 is 14.3 Å². The van der Waals surface area contributed by atoms with Crippen molar-refractivity contribution in [1.29, 1.82) is 0 Å². The summed E-state index contributed by atoms with van der Waals surface area (Å²) in [4.78, 5) is 27.5. The average molecular weight is 364 g/mol. The molecule has 1 N–H and O–H groups in total. The van der Waals surface area contributed by atoms with Gasteiger partial charge in [0.15, 0.2) is 0 Å². The third-order valence-corrected chi connectivity index (χ3v) is 3.96. The van der Waals surface area contributed by atoms with E-state index in [4.69, 9.17) is 4.74 Å². The summed E-state index contributed by atoms with van der Waals surface area (Å²) in [5.41, 5.74) is 2.95. The van der Waals surface area contributed by atoms with Crippen LogP contribution in [0.15, 0.2) is 61.2 Å². The molecule has 0 unspecified atom stereocenters. The topological polar surface area (TPSA) is 86.1 Å². The molecule has 3 aromatic rings. The zero-order valence-electron chi connectivity index (χ0n) is 15.1. The van der Waals surface area contributed by atoms with Gasteiger partial charge in [-0.25, -0.2) is 14.5 Å². The number of nitrogens with zero attached hydrogens (tertiary/aromatic N) is 3. The lowest BCUT2D eigenvalue weighted by Gasteiger charge is -2.15. The Morgan fingerprint density at radius 1 is 1.19 bits per heavy atom. The van der Waals surface area contributed by atoms with Crippen molar-refractivity contribution in [3.8, 4) is 0 Å². The van der Waals surface area contributed by atoms with Crippen molar-refractivity contribution in [1.82, 2.24) is 14.8 Å². The van der Waals surface area contributed by atoms with Crippen LogP contribution < -0.4 is 5.32 Å².